The summed E-state index contributed by atoms with van der Waals surface area (Å²) < 4.78 is 16.3. The lowest BCUT2D eigenvalue weighted by Gasteiger charge is -2.13. The topological polar surface area (TPSA) is 77.8 Å². The number of nitrogens with one attached hydrogen (secondary N) is 1. The van der Waals surface area contributed by atoms with Crippen molar-refractivity contribution in [1.29, 1.82) is 0 Å². The summed E-state index contributed by atoms with van der Waals surface area (Å²) in [4.78, 5) is 24.0. The molecule has 0 atom stereocenters. The minimum atomic E-state index is -0.440. The average Bonchev–Trinajstić information content (AvgIpc) is 3.51. The average molecular weight is 379 g/mol. The van der Waals surface area contributed by atoms with Crippen LogP contribution in [0.2, 0.25) is 0 Å². The zero-order valence-corrected chi connectivity index (χ0v) is 15.8. The summed E-state index contributed by atoms with van der Waals surface area (Å²) >= 11 is 0. The highest BCUT2D eigenvalue weighted by atomic mass is 16.5. The van der Waals surface area contributed by atoms with E-state index in [1.165, 1.54) is 6.07 Å². The van der Waals surface area contributed by atoms with Crippen LogP contribution in [0.1, 0.15) is 18.4 Å². The zero-order chi connectivity index (χ0) is 19.7. The third kappa shape index (κ3) is 3.71. The molecule has 1 aliphatic carbocycles. The van der Waals surface area contributed by atoms with Gasteiger partial charge in [0.15, 0.2) is 6.61 Å². The van der Waals surface area contributed by atoms with Crippen molar-refractivity contribution in [1.82, 2.24) is 5.32 Å². The quantitative estimate of drug-likeness (QED) is 0.664. The van der Waals surface area contributed by atoms with Crippen molar-refractivity contribution in [3.63, 3.8) is 0 Å². The largest absolute Gasteiger partial charge is 0.497 e. The normalized spacial score (nSPS) is 13.4. The molecule has 1 heterocycles. The minimum absolute atomic E-state index is 0.0642. The maximum atomic E-state index is 12.2. The van der Waals surface area contributed by atoms with E-state index in [0.717, 1.165) is 35.1 Å². The van der Waals surface area contributed by atoms with Gasteiger partial charge in [0, 0.05) is 23.1 Å². The van der Waals surface area contributed by atoms with Gasteiger partial charge in [-0.15, -0.1) is 0 Å². The van der Waals surface area contributed by atoms with E-state index in [0.29, 0.717) is 22.9 Å². The van der Waals surface area contributed by atoms with Gasteiger partial charge in [-0.3, -0.25) is 4.79 Å². The van der Waals surface area contributed by atoms with Crippen LogP contribution in [0.5, 0.6) is 11.5 Å². The lowest BCUT2D eigenvalue weighted by Crippen LogP contribution is -2.30. The molecule has 6 nitrogen and oxygen atoms in total. The maximum absolute atomic E-state index is 12.2. The van der Waals surface area contributed by atoms with Crippen LogP contribution in [0.4, 0.5) is 0 Å². The minimum Gasteiger partial charge on any atom is -0.497 e. The summed E-state index contributed by atoms with van der Waals surface area (Å²) in [6.45, 7) is 1.75. The van der Waals surface area contributed by atoms with Gasteiger partial charge in [0.1, 0.15) is 17.1 Å². The Balaban J connectivity index is 1.67. The van der Waals surface area contributed by atoms with Crippen LogP contribution in [0.15, 0.2) is 51.7 Å². The first-order valence-corrected chi connectivity index (χ1v) is 9.19. The predicted molar refractivity (Wildman–Crippen MR) is 106 cm³/mol. The summed E-state index contributed by atoms with van der Waals surface area (Å²) in [5.74, 6) is 1.12. The molecule has 1 amide bonds. The third-order valence-electron chi connectivity index (χ3n) is 4.81. The number of aryl methyl sites for hydroxylation is 1. The lowest BCUT2D eigenvalue weighted by molar-refractivity contribution is -0.123. The number of benzene rings is 2. The Bertz CT molecular complexity index is 1080. The van der Waals surface area contributed by atoms with E-state index in [9.17, 15) is 9.59 Å². The number of hydrogen-bond donors (Lipinski definition) is 1. The molecule has 0 radical (unpaired) electrons. The summed E-state index contributed by atoms with van der Waals surface area (Å²) in [6.07, 6.45) is 2.06. The Morgan fingerprint density at radius 3 is 2.61 bits per heavy atom. The van der Waals surface area contributed by atoms with Crippen molar-refractivity contribution < 1.29 is 18.7 Å². The number of methoxy groups -OCH3 is 1. The molecule has 3 aromatic rings. The highest BCUT2D eigenvalue weighted by Gasteiger charge is 2.23. The summed E-state index contributed by atoms with van der Waals surface area (Å²) in [7, 11) is 1.61. The Morgan fingerprint density at radius 1 is 1.18 bits per heavy atom. The molecule has 0 spiro atoms. The van der Waals surface area contributed by atoms with Crippen molar-refractivity contribution in [2.75, 3.05) is 13.7 Å². The van der Waals surface area contributed by atoms with Gasteiger partial charge in [0.25, 0.3) is 5.91 Å². The number of carbonyl (C=O) groups is 1. The molecule has 6 heteroatoms. The molecule has 1 aromatic heterocycles. The van der Waals surface area contributed by atoms with Gasteiger partial charge in [0.2, 0.25) is 0 Å². The molecule has 4 rings (SSSR count). The zero-order valence-electron chi connectivity index (χ0n) is 15.8. The molecule has 0 aliphatic heterocycles. The molecule has 1 fully saturated rings. The molecule has 0 bridgehead atoms. The number of carbonyl (C=O) groups excluding carboxylic acids is 1. The molecular formula is C22H21NO5. The van der Waals surface area contributed by atoms with E-state index in [2.05, 4.69) is 5.32 Å². The molecule has 1 N–H and O–H groups in total. The van der Waals surface area contributed by atoms with Crippen LogP contribution in [-0.2, 0) is 4.79 Å². The van der Waals surface area contributed by atoms with Crippen molar-refractivity contribution >= 4 is 16.9 Å². The fraction of sp³-hybridized carbons (Fsp3) is 0.273. The van der Waals surface area contributed by atoms with Crippen molar-refractivity contribution in [2.24, 2.45) is 0 Å². The number of fused-ring (bicyclic) bond motifs is 1. The van der Waals surface area contributed by atoms with Crippen LogP contribution >= 0.6 is 0 Å². The van der Waals surface area contributed by atoms with Crippen molar-refractivity contribution in [2.45, 2.75) is 25.8 Å². The highest BCUT2D eigenvalue weighted by Crippen LogP contribution is 2.33. The summed E-state index contributed by atoms with van der Waals surface area (Å²) in [6, 6.07) is 12.9. The summed E-state index contributed by atoms with van der Waals surface area (Å²) in [5.41, 5.74) is 2.36. The van der Waals surface area contributed by atoms with E-state index >= 15 is 0 Å². The number of rotatable bonds is 6. The van der Waals surface area contributed by atoms with E-state index < -0.39 is 5.63 Å². The van der Waals surface area contributed by atoms with Crippen LogP contribution in [0, 0.1) is 6.92 Å². The van der Waals surface area contributed by atoms with Crippen molar-refractivity contribution in [3.05, 3.63) is 58.4 Å². The fourth-order valence-electron chi connectivity index (χ4n) is 3.15. The first kappa shape index (κ1) is 18.1. The first-order chi connectivity index (χ1) is 13.5. The van der Waals surface area contributed by atoms with Crippen LogP contribution < -0.4 is 20.4 Å². The Hall–Kier alpha value is -3.28. The molecule has 0 unspecified atom stereocenters. The maximum Gasteiger partial charge on any atom is 0.336 e. The fourth-order valence-corrected chi connectivity index (χ4v) is 3.15. The van der Waals surface area contributed by atoms with Crippen LogP contribution in [-0.4, -0.2) is 25.7 Å². The Morgan fingerprint density at radius 2 is 1.93 bits per heavy atom. The molecule has 0 saturated heterocycles. The van der Waals surface area contributed by atoms with Gasteiger partial charge in [-0.1, -0.05) is 12.1 Å². The number of hydrogen-bond acceptors (Lipinski definition) is 5. The number of ether oxygens (including phenoxy) is 2. The molecule has 2 aromatic carbocycles. The van der Waals surface area contributed by atoms with E-state index in [-0.39, 0.29) is 12.5 Å². The molecule has 144 valence electrons. The Kier molecular flexibility index (Phi) is 4.77. The second-order valence-corrected chi connectivity index (χ2v) is 6.90. The van der Waals surface area contributed by atoms with Gasteiger partial charge in [0.05, 0.1) is 7.11 Å². The second-order valence-electron chi connectivity index (χ2n) is 6.90. The van der Waals surface area contributed by atoms with Gasteiger partial charge in [-0.25, -0.2) is 4.79 Å². The monoisotopic (exact) mass is 379 g/mol. The Labute approximate surface area is 162 Å². The SMILES string of the molecule is COc1ccc(-c2cc(=O)oc3c(C)c(OCC(=O)NC4CC4)ccc23)cc1. The number of amides is 1. The van der Waals surface area contributed by atoms with Gasteiger partial charge < -0.3 is 19.2 Å². The molecular weight excluding hydrogens is 358 g/mol. The first-order valence-electron chi connectivity index (χ1n) is 9.19. The van der Waals surface area contributed by atoms with Gasteiger partial charge >= 0.3 is 5.63 Å². The van der Waals surface area contributed by atoms with E-state index in [4.69, 9.17) is 13.9 Å². The molecule has 1 saturated carbocycles. The van der Waals surface area contributed by atoms with Crippen LogP contribution in [0.3, 0.4) is 0 Å². The standard InChI is InChI=1S/C22H21NO5/c1-13-19(27-12-20(24)23-15-5-6-15)10-9-17-18(11-21(25)28-22(13)17)14-3-7-16(26-2)8-4-14/h3-4,7-11,15H,5-6,12H2,1-2H3,(H,23,24). The lowest BCUT2D eigenvalue weighted by atomic mass is 10.00. The molecule has 28 heavy (non-hydrogen) atoms. The van der Waals surface area contributed by atoms with E-state index in [1.807, 2.05) is 37.3 Å². The van der Waals surface area contributed by atoms with E-state index in [1.54, 1.807) is 13.2 Å². The van der Waals surface area contributed by atoms with Gasteiger partial charge in [-0.2, -0.15) is 0 Å². The molecule has 1 aliphatic rings. The third-order valence-corrected chi connectivity index (χ3v) is 4.81. The van der Waals surface area contributed by atoms with Gasteiger partial charge in [-0.05, 0) is 55.2 Å². The second kappa shape index (κ2) is 7.38. The summed E-state index contributed by atoms with van der Waals surface area (Å²) in [5, 5.41) is 3.69. The van der Waals surface area contributed by atoms with Crippen molar-refractivity contribution in [3.8, 4) is 22.6 Å². The predicted octanol–water partition coefficient (Wildman–Crippen LogP) is 3.43. The smallest absolute Gasteiger partial charge is 0.336 e. The van der Waals surface area contributed by atoms with Crippen LogP contribution in [0.25, 0.3) is 22.1 Å². The highest BCUT2D eigenvalue weighted by molar-refractivity contribution is 5.95.